The summed E-state index contributed by atoms with van der Waals surface area (Å²) in [4.78, 5) is 4.43. The number of nitrogens with two attached hydrogens (primary N) is 1. The Kier molecular flexibility index (Phi) is 5.97. The molecular weight excluding hydrogens is 276 g/mol. The predicted octanol–water partition coefficient (Wildman–Crippen LogP) is 0.798. The molecule has 0 atom stereocenters. The van der Waals surface area contributed by atoms with Gasteiger partial charge in [0.05, 0.1) is 11.4 Å². The van der Waals surface area contributed by atoms with E-state index in [1.54, 1.807) is 31.2 Å². The molecule has 1 rings (SSSR count). The third kappa shape index (κ3) is 5.18. The number of aliphatic imine (C=N–C) groups is 1. The molecule has 0 heterocycles. The molecule has 0 saturated heterocycles. The number of nitrogens with one attached hydrogen (secondary N) is 2. The van der Waals surface area contributed by atoms with Crippen LogP contribution in [-0.4, -0.2) is 27.0 Å². The average Bonchev–Trinajstić information content (AvgIpc) is 2.36. The standard InChI is InChI=1S/C13H22N4O2S/c1-4-16-20(18,19)12-7-5-11(6-8-12)9-15-13(14)17-10(2)3/h5-8,10,16H,4,9H2,1-3H3,(H3,14,15,17). The monoisotopic (exact) mass is 298 g/mol. The third-order valence-corrected chi connectivity index (χ3v) is 4.00. The number of nitrogens with zero attached hydrogens (tertiary/aromatic N) is 1. The van der Waals surface area contributed by atoms with E-state index < -0.39 is 10.0 Å². The number of hydrogen-bond donors (Lipinski definition) is 3. The zero-order chi connectivity index (χ0) is 15.2. The molecule has 7 heteroatoms. The van der Waals surface area contributed by atoms with Crippen molar-refractivity contribution >= 4 is 16.0 Å². The number of rotatable bonds is 6. The van der Waals surface area contributed by atoms with Crippen molar-refractivity contribution in [1.82, 2.24) is 10.0 Å². The molecule has 0 amide bonds. The Balaban J connectivity index is 2.73. The van der Waals surface area contributed by atoms with E-state index in [-0.39, 0.29) is 10.9 Å². The fourth-order valence-electron chi connectivity index (χ4n) is 1.57. The van der Waals surface area contributed by atoms with Crippen molar-refractivity contribution in [2.75, 3.05) is 6.54 Å². The van der Waals surface area contributed by atoms with Crippen LogP contribution in [0.5, 0.6) is 0 Å². The van der Waals surface area contributed by atoms with Gasteiger partial charge >= 0.3 is 0 Å². The maximum absolute atomic E-state index is 11.8. The van der Waals surface area contributed by atoms with Gasteiger partial charge in [-0.3, -0.25) is 0 Å². The summed E-state index contributed by atoms with van der Waals surface area (Å²) in [5, 5.41) is 2.99. The fraction of sp³-hybridized carbons (Fsp3) is 0.462. The van der Waals surface area contributed by atoms with Crippen LogP contribution >= 0.6 is 0 Å². The molecule has 0 fully saturated rings. The Bertz CT molecular complexity index is 550. The highest BCUT2D eigenvalue weighted by atomic mass is 32.2. The van der Waals surface area contributed by atoms with Crippen LogP contribution in [0.3, 0.4) is 0 Å². The van der Waals surface area contributed by atoms with Crippen LogP contribution in [0.15, 0.2) is 34.2 Å². The molecule has 1 aromatic carbocycles. The minimum Gasteiger partial charge on any atom is -0.370 e. The topological polar surface area (TPSA) is 96.6 Å². The van der Waals surface area contributed by atoms with Crippen LogP contribution in [0, 0.1) is 0 Å². The Hall–Kier alpha value is -1.60. The minimum atomic E-state index is -3.40. The molecule has 0 aliphatic carbocycles. The van der Waals surface area contributed by atoms with Gasteiger partial charge in [0, 0.05) is 12.6 Å². The van der Waals surface area contributed by atoms with E-state index in [0.29, 0.717) is 19.0 Å². The van der Waals surface area contributed by atoms with Crippen molar-refractivity contribution in [3.63, 3.8) is 0 Å². The van der Waals surface area contributed by atoms with Crippen molar-refractivity contribution in [2.45, 2.75) is 38.3 Å². The summed E-state index contributed by atoms with van der Waals surface area (Å²) < 4.78 is 26.0. The second-order valence-electron chi connectivity index (χ2n) is 4.65. The molecule has 20 heavy (non-hydrogen) atoms. The van der Waals surface area contributed by atoms with Crippen molar-refractivity contribution in [2.24, 2.45) is 10.7 Å². The summed E-state index contributed by atoms with van der Waals surface area (Å²) in [6, 6.07) is 6.82. The Morgan fingerprint density at radius 2 is 1.90 bits per heavy atom. The van der Waals surface area contributed by atoms with E-state index in [1.165, 1.54) is 0 Å². The first-order chi connectivity index (χ1) is 9.35. The summed E-state index contributed by atoms with van der Waals surface area (Å²) >= 11 is 0. The van der Waals surface area contributed by atoms with E-state index in [4.69, 9.17) is 5.73 Å². The first-order valence-electron chi connectivity index (χ1n) is 6.50. The summed E-state index contributed by atoms with van der Waals surface area (Å²) in [7, 11) is -3.40. The van der Waals surface area contributed by atoms with E-state index in [9.17, 15) is 8.42 Å². The van der Waals surface area contributed by atoms with Crippen molar-refractivity contribution in [3.05, 3.63) is 29.8 Å². The second-order valence-corrected chi connectivity index (χ2v) is 6.41. The van der Waals surface area contributed by atoms with Gasteiger partial charge in [-0.05, 0) is 31.5 Å². The van der Waals surface area contributed by atoms with E-state index in [0.717, 1.165) is 5.56 Å². The van der Waals surface area contributed by atoms with Crippen molar-refractivity contribution in [1.29, 1.82) is 0 Å². The highest BCUT2D eigenvalue weighted by molar-refractivity contribution is 7.89. The van der Waals surface area contributed by atoms with Crippen LogP contribution in [0.2, 0.25) is 0 Å². The summed E-state index contributed by atoms with van der Waals surface area (Å²) in [6.07, 6.45) is 0. The Morgan fingerprint density at radius 3 is 2.40 bits per heavy atom. The maximum atomic E-state index is 11.8. The molecule has 0 saturated carbocycles. The minimum absolute atomic E-state index is 0.228. The molecule has 1 aromatic rings. The molecule has 0 bridgehead atoms. The number of hydrogen-bond acceptors (Lipinski definition) is 3. The quantitative estimate of drug-likeness (QED) is 0.534. The lowest BCUT2D eigenvalue weighted by Crippen LogP contribution is -2.36. The normalized spacial score (nSPS) is 12.7. The van der Waals surface area contributed by atoms with Gasteiger partial charge in [-0.25, -0.2) is 18.1 Å². The molecule has 4 N–H and O–H groups in total. The van der Waals surface area contributed by atoms with Gasteiger partial charge in [-0.2, -0.15) is 0 Å². The largest absolute Gasteiger partial charge is 0.370 e. The molecule has 6 nitrogen and oxygen atoms in total. The van der Waals surface area contributed by atoms with Crippen LogP contribution < -0.4 is 15.8 Å². The highest BCUT2D eigenvalue weighted by Crippen LogP contribution is 2.11. The molecule has 0 unspecified atom stereocenters. The van der Waals surface area contributed by atoms with Crippen LogP contribution in [0.4, 0.5) is 0 Å². The summed E-state index contributed by atoms with van der Waals surface area (Å²) in [6.45, 7) is 6.47. The number of benzene rings is 1. The van der Waals surface area contributed by atoms with E-state index in [2.05, 4.69) is 15.0 Å². The zero-order valence-electron chi connectivity index (χ0n) is 12.1. The molecule has 0 aromatic heterocycles. The lowest BCUT2D eigenvalue weighted by molar-refractivity contribution is 0.584. The Morgan fingerprint density at radius 1 is 1.30 bits per heavy atom. The fourth-order valence-corrected chi connectivity index (χ4v) is 2.61. The van der Waals surface area contributed by atoms with Crippen LogP contribution in [-0.2, 0) is 16.6 Å². The summed E-state index contributed by atoms with van der Waals surface area (Å²) in [5.74, 6) is 0.379. The van der Waals surface area contributed by atoms with Gasteiger partial charge in [0.25, 0.3) is 0 Å². The van der Waals surface area contributed by atoms with Gasteiger partial charge in [0.1, 0.15) is 0 Å². The maximum Gasteiger partial charge on any atom is 0.240 e. The van der Waals surface area contributed by atoms with Gasteiger partial charge in [0.2, 0.25) is 10.0 Å². The van der Waals surface area contributed by atoms with E-state index in [1.807, 2.05) is 13.8 Å². The number of guanidine groups is 1. The van der Waals surface area contributed by atoms with E-state index >= 15 is 0 Å². The smallest absolute Gasteiger partial charge is 0.240 e. The third-order valence-electron chi connectivity index (χ3n) is 2.44. The molecule has 112 valence electrons. The molecular formula is C13H22N4O2S. The zero-order valence-corrected chi connectivity index (χ0v) is 12.9. The average molecular weight is 298 g/mol. The van der Waals surface area contributed by atoms with Gasteiger partial charge < -0.3 is 11.1 Å². The lowest BCUT2D eigenvalue weighted by atomic mass is 10.2. The van der Waals surface area contributed by atoms with Crippen molar-refractivity contribution < 1.29 is 8.42 Å². The predicted molar refractivity (Wildman–Crippen MR) is 80.9 cm³/mol. The molecule has 0 aliphatic heterocycles. The SMILES string of the molecule is CCNS(=O)(=O)c1ccc(CN=C(N)NC(C)C)cc1. The first-order valence-corrected chi connectivity index (χ1v) is 7.98. The van der Waals surface area contributed by atoms with Gasteiger partial charge in [0.15, 0.2) is 5.96 Å². The summed E-state index contributed by atoms with van der Waals surface area (Å²) in [5.41, 5.74) is 6.59. The van der Waals surface area contributed by atoms with Crippen LogP contribution in [0.25, 0.3) is 0 Å². The highest BCUT2D eigenvalue weighted by Gasteiger charge is 2.11. The molecule has 0 radical (unpaired) electrons. The van der Waals surface area contributed by atoms with Crippen molar-refractivity contribution in [3.8, 4) is 0 Å². The molecule has 0 spiro atoms. The van der Waals surface area contributed by atoms with Crippen LogP contribution in [0.1, 0.15) is 26.3 Å². The van der Waals surface area contributed by atoms with Gasteiger partial charge in [-0.1, -0.05) is 19.1 Å². The lowest BCUT2D eigenvalue weighted by Gasteiger charge is -2.08. The first kappa shape index (κ1) is 16.5. The Labute approximate surface area is 120 Å². The molecule has 0 aliphatic rings. The number of sulfonamides is 1. The second kappa shape index (κ2) is 7.25. The van der Waals surface area contributed by atoms with Gasteiger partial charge in [-0.15, -0.1) is 0 Å².